The molecule has 0 aliphatic carbocycles. The number of para-hydroxylation sites is 1. The second kappa shape index (κ2) is 8.90. The molecular weight excluding hydrogens is 366 g/mol. The zero-order valence-corrected chi connectivity index (χ0v) is 15.1. The molecule has 6 nitrogen and oxygen atoms in total. The summed E-state index contributed by atoms with van der Waals surface area (Å²) in [4.78, 5) is 20.3. The molecule has 0 aliphatic rings. The Labute approximate surface area is 160 Å². The maximum absolute atomic E-state index is 13.2. The lowest BCUT2D eigenvalue weighted by atomic mass is 10.1. The average Bonchev–Trinajstić information content (AvgIpc) is 2.71. The van der Waals surface area contributed by atoms with E-state index < -0.39 is 11.6 Å². The highest BCUT2D eigenvalue weighted by Gasteiger charge is 2.09. The number of carbonyl (C=O) groups excluding carboxylic acids is 1. The van der Waals surface area contributed by atoms with Gasteiger partial charge in [-0.05, 0) is 30.2 Å². The number of nitrogens with zero attached hydrogens (tertiary/aromatic N) is 2. The third kappa shape index (κ3) is 4.79. The molecule has 0 saturated heterocycles. The van der Waals surface area contributed by atoms with Crippen molar-refractivity contribution in [2.75, 3.05) is 19.0 Å². The van der Waals surface area contributed by atoms with Crippen molar-refractivity contribution in [1.29, 1.82) is 0 Å². The number of nitrogens with one attached hydrogen (secondary N) is 2. The normalized spacial score (nSPS) is 10.4. The molecule has 3 aromatic rings. The highest BCUT2D eigenvalue weighted by molar-refractivity contribution is 5.92. The Morgan fingerprint density at radius 2 is 1.89 bits per heavy atom. The molecule has 2 N–H and O–H groups in total. The van der Waals surface area contributed by atoms with Crippen LogP contribution in [0.5, 0.6) is 5.75 Å². The maximum Gasteiger partial charge on any atom is 0.271 e. The summed E-state index contributed by atoms with van der Waals surface area (Å²) in [5, 5.41) is 5.56. The molecule has 0 aliphatic heterocycles. The summed E-state index contributed by atoms with van der Waals surface area (Å²) in [5.41, 5.74) is 1.46. The average molecular weight is 384 g/mol. The van der Waals surface area contributed by atoms with Crippen molar-refractivity contribution in [2.45, 2.75) is 6.42 Å². The van der Waals surface area contributed by atoms with Gasteiger partial charge in [-0.25, -0.2) is 18.7 Å². The smallest absolute Gasteiger partial charge is 0.271 e. The van der Waals surface area contributed by atoms with E-state index in [9.17, 15) is 13.6 Å². The minimum absolute atomic E-state index is 0.149. The van der Waals surface area contributed by atoms with Crippen molar-refractivity contribution in [3.05, 3.63) is 77.8 Å². The summed E-state index contributed by atoms with van der Waals surface area (Å²) in [7, 11) is 1.60. The molecule has 0 bridgehead atoms. The van der Waals surface area contributed by atoms with Gasteiger partial charge in [0.05, 0.1) is 19.5 Å². The van der Waals surface area contributed by atoms with E-state index in [1.54, 1.807) is 7.11 Å². The van der Waals surface area contributed by atoms with Crippen molar-refractivity contribution < 1.29 is 18.3 Å². The number of carbonyl (C=O) groups is 1. The monoisotopic (exact) mass is 384 g/mol. The zero-order chi connectivity index (χ0) is 19.9. The van der Waals surface area contributed by atoms with Crippen LogP contribution in [-0.4, -0.2) is 29.5 Å². The Kier molecular flexibility index (Phi) is 6.11. The van der Waals surface area contributed by atoms with E-state index in [0.29, 0.717) is 24.5 Å². The molecule has 144 valence electrons. The molecule has 3 rings (SSSR count). The minimum Gasteiger partial charge on any atom is -0.496 e. The number of ether oxygens (including phenoxy) is 1. The quantitative estimate of drug-likeness (QED) is 0.652. The molecule has 0 atom stereocenters. The van der Waals surface area contributed by atoms with Gasteiger partial charge in [0, 0.05) is 18.3 Å². The Morgan fingerprint density at radius 3 is 2.61 bits per heavy atom. The summed E-state index contributed by atoms with van der Waals surface area (Å²) < 4.78 is 31.5. The van der Waals surface area contributed by atoms with Gasteiger partial charge in [-0.15, -0.1) is 0 Å². The van der Waals surface area contributed by atoms with E-state index in [1.165, 1.54) is 18.5 Å². The first-order valence-electron chi connectivity index (χ1n) is 8.51. The third-order valence-corrected chi connectivity index (χ3v) is 3.95. The number of aromatic nitrogens is 2. The number of halogens is 2. The first kappa shape index (κ1) is 19.2. The first-order valence-corrected chi connectivity index (χ1v) is 8.51. The zero-order valence-electron chi connectivity index (χ0n) is 15.1. The highest BCUT2D eigenvalue weighted by Crippen LogP contribution is 2.18. The van der Waals surface area contributed by atoms with Crippen molar-refractivity contribution >= 4 is 17.4 Å². The molecule has 28 heavy (non-hydrogen) atoms. The SMILES string of the molecule is COc1ccccc1CCNC(=O)c1cnc(Nc2ccc(F)c(F)c2)cn1. The molecule has 2 aromatic carbocycles. The second-order valence-electron chi connectivity index (χ2n) is 5.86. The Balaban J connectivity index is 1.55. The van der Waals surface area contributed by atoms with Gasteiger partial charge in [0.1, 0.15) is 17.3 Å². The van der Waals surface area contributed by atoms with Gasteiger partial charge in [0.2, 0.25) is 0 Å². The lowest BCUT2D eigenvalue weighted by molar-refractivity contribution is 0.0948. The standard InChI is InChI=1S/C20H18F2N4O2/c1-28-18-5-3-2-4-13(18)8-9-23-20(27)17-11-25-19(12-24-17)26-14-6-7-15(21)16(22)10-14/h2-7,10-12H,8-9H2,1H3,(H,23,27)(H,25,26). The lowest BCUT2D eigenvalue weighted by Gasteiger charge is -2.09. The largest absolute Gasteiger partial charge is 0.496 e. The maximum atomic E-state index is 13.2. The fourth-order valence-electron chi connectivity index (χ4n) is 2.54. The third-order valence-electron chi connectivity index (χ3n) is 3.95. The van der Waals surface area contributed by atoms with Gasteiger partial charge < -0.3 is 15.4 Å². The first-order chi connectivity index (χ1) is 13.6. The van der Waals surface area contributed by atoms with E-state index in [1.807, 2.05) is 24.3 Å². The summed E-state index contributed by atoms with van der Waals surface area (Å²) in [5.74, 6) is -1.19. The predicted octanol–water partition coefficient (Wildman–Crippen LogP) is 3.48. The number of benzene rings is 2. The van der Waals surface area contributed by atoms with E-state index >= 15 is 0 Å². The number of hydrogen-bond acceptors (Lipinski definition) is 5. The Hall–Kier alpha value is -3.55. The molecule has 0 saturated carbocycles. The number of hydrogen-bond donors (Lipinski definition) is 2. The van der Waals surface area contributed by atoms with Crippen molar-refractivity contribution in [3.63, 3.8) is 0 Å². The van der Waals surface area contributed by atoms with Gasteiger partial charge in [-0.3, -0.25) is 4.79 Å². The molecule has 1 aromatic heterocycles. The number of anilines is 2. The van der Waals surface area contributed by atoms with Crippen LogP contribution >= 0.6 is 0 Å². The van der Waals surface area contributed by atoms with Crippen LogP contribution in [0.25, 0.3) is 0 Å². The highest BCUT2D eigenvalue weighted by atomic mass is 19.2. The topological polar surface area (TPSA) is 76.1 Å². The molecule has 0 unspecified atom stereocenters. The van der Waals surface area contributed by atoms with Gasteiger partial charge in [0.25, 0.3) is 5.91 Å². The van der Waals surface area contributed by atoms with Gasteiger partial charge >= 0.3 is 0 Å². The molecule has 1 heterocycles. The second-order valence-corrected chi connectivity index (χ2v) is 5.86. The van der Waals surface area contributed by atoms with Crippen molar-refractivity contribution in [3.8, 4) is 5.75 Å². The summed E-state index contributed by atoms with van der Waals surface area (Å²) in [6.07, 6.45) is 3.26. The van der Waals surface area contributed by atoms with Crippen molar-refractivity contribution in [1.82, 2.24) is 15.3 Å². The Morgan fingerprint density at radius 1 is 1.07 bits per heavy atom. The Bertz CT molecular complexity index is 965. The number of amides is 1. The molecule has 0 fully saturated rings. The molecule has 0 spiro atoms. The molecular formula is C20H18F2N4O2. The molecule has 8 heteroatoms. The van der Waals surface area contributed by atoms with E-state index in [4.69, 9.17) is 4.74 Å². The van der Waals surface area contributed by atoms with Crippen LogP contribution in [0.3, 0.4) is 0 Å². The summed E-state index contributed by atoms with van der Waals surface area (Å²) in [6, 6.07) is 11.0. The summed E-state index contributed by atoms with van der Waals surface area (Å²) in [6.45, 7) is 0.412. The van der Waals surface area contributed by atoms with Crippen LogP contribution in [0.2, 0.25) is 0 Å². The van der Waals surface area contributed by atoms with Crippen LogP contribution in [0, 0.1) is 11.6 Å². The van der Waals surface area contributed by atoms with E-state index in [0.717, 1.165) is 23.4 Å². The van der Waals surface area contributed by atoms with Crippen LogP contribution in [0.15, 0.2) is 54.9 Å². The summed E-state index contributed by atoms with van der Waals surface area (Å²) >= 11 is 0. The van der Waals surface area contributed by atoms with Gasteiger partial charge in [-0.2, -0.15) is 0 Å². The van der Waals surface area contributed by atoms with Gasteiger partial charge in [-0.1, -0.05) is 18.2 Å². The predicted molar refractivity (Wildman–Crippen MR) is 101 cm³/mol. The van der Waals surface area contributed by atoms with Gasteiger partial charge in [0.15, 0.2) is 11.6 Å². The van der Waals surface area contributed by atoms with Crippen LogP contribution in [0.4, 0.5) is 20.3 Å². The fourth-order valence-corrected chi connectivity index (χ4v) is 2.54. The fraction of sp³-hybridized carbons (Fsp3) is 0.150. The molecule has 1 amide bonds. The van der Waals surface area contributed by atoms with Crippen LogP contribution in [-0.2, 0) is 6.42 Å². The number of rotatable bonds is 7. The van der Waals surface area contributed by atoms with E-state index in [2.05, 4.69) is 20.6 Å². The lowest BCUT2D eigenvalue weighted by Crippen LogP contribution is -2.26. The van der Waals surface area contributed by atoms with Crippen LogP contribution < -0.4 is 15.4 Å². The molecule has 0 radical (unpaired) electrons. The number of methoxy groups -OCH3 is 1. The van der Waals surface area contributed by atoms with Crippen molar-refractivity contribution in [2.24, 2.45) is 0 Å². The van der Waals surface area contributed by atoms with Crippen LogP contribution in [0.1, 0.15) is 16.1 Å². The van der Waals surface area contributed by atoms with E-state index in [-0.39, 0.29) is 11.6 Å². The minimum atomic E-state index is -0.969.